The molecule has 1 unspecified atom stereocenters. The molecule has 0 aromatic heterocycles. The molecule has 0 aliphatic heterocycles. The van der Waals surface area contributed by atoms with Gasteiger partial charge in [0.05, 0.1) is 12.7 Å². The van der Waals surface area contributed by atoms with Crippen molar-refractivity contribution in [2.45, 2.75) is 39.2 Å². The number of rotatable bonds is 4. The smallest absolute Gasteiger partial charge is 0.119 e. The van der Waals surface area contributed by atoms with E-state index in [1.807, 2.05) is 13.8 Å². The predicted octanol–water partition coefficient (Wildman–Crippen LogP) is 0.735. The molecule has 0 saturated carbocycles. The lowest BCUT2D eigenvalue weighted by Gasteiger charge is -1.97. The average Bonchev–Trinajstić information content (AvgIpc) is 2.06. The fourth-order valence-electron chi connectivity index (χ4n) is 0.247. The van der Waals surface area contributed by atoms with Crippen molar-refractivity contribution in [2.24, 2.45) is 0 Å². The van der Waals surface area contributed by atoms with Crippen LogP contribution in [0.2, 0.25) is 0 Å². The number of carbonyl (C=O) groups excluding carboxylic acids is 1. The molecule has 68 valence electrons. The molecular weight excluding hydrogens is 144 g/mol. The summed E-state index contributed by atoms with van der Waals surface area (Å²) < 4.78 is 0. The van der Waals surface area contributed by atoms with Crippen LogP contribution in [0.4, 0.5) is 0 Å². The molecule has 0 aromatic carbocycles. The maximum Gasteiger partial charge on any atom is 0.119 e. The summed E-state index contributed by atoms with van der Waals surface area (Å²) in [6.45, 7) is 3.69. The monoisotopic (exact) mass is 162 g/mol. The van der Waals surface area contributed by atoms with E-state index in [-0.39, 0.29) is 6.61 Å². The molecule has 0 aliphatic carbocycles. The van der Waals surface area contributed by atoms with Gasteiger partial charge in [-0.05, 0) is 12.8 Å². The van der Waals surface area contributed by atoms with Gasteiger partial charge in [0.2, 0.25) is 0 Å². The first-order chi connectivity index (χ1) is 5.22. The molecule has 0 spiro atoms. The Hall–Kier alpha value is -0.410. The van der Waals surface area contributed by atoms with Crippen LogP contribution in [-0.4, -0.2) is 29.2 Å². The van der Waals surface area contributed by atoms with E-state index in [1.54, 1.807) is 0 Å². The van der Waals surface area contributed by atoms with Gasteiger partial charge < -0.3 is 15.0 Å². The van der Waals surface area contributed by atoms with Gasteiger partial charge in [-0.15, -0.1) is 0 Å². The SMILES string of the molecule is CCC(O)CO.CCCC=O. The van der Waals surface area contributed by atoms with Gasteiger partial charge in [0.15, 0.2) is 0 Å². The summed E-state index contributed by atoms with van der Waals surface area (Å²) >= 11 is 0. The molecule has 0 radical (unpaired) electrons. The third kappa shape index (κ3) is 17.7. The van der Waals surface area contributed by atoms with E-state index in [9.17, 15) is 4.79 Å². The lowest BCUT2D eigenvalue weighted by atomic mass is 10.3. The highest BCUT2D eigenvalue weighted by atomic mass is 16.3. The summed E-state index contributed by atoms with van der Waals surface area (Å²) in [5.41, 5.74) is 0. The van der Waals surface area contributed by atoms with E-state index in [0.717, 1.165) is 12.7 Å². The van der Waals surface area contributed by atoms with Crippen molar-refractivity contribution in [1.29, 1.82) is 0 Å². The van der Waals surface area contributed by atoms with Gasteiger partial charge in [-0.3, -0.25) is 0 Å². The first-order valence-corrected chi connectivity index (χ1v) is 3.95. The van der Waals surface area contributed by atoms with E-state index in [4.69, 9.17) is 10.2 Å². The lowest BCUT2D eigenvalue weighted by Crippen LogP contribution is -2.08. The fraction of sp³-hybridized carbons (Fsp3) is 0.875. The molecule has 0 amide bonds. The van der Waals surface area contributed by atoms with Crippen molar-refractivity contribution >= 4 is 6.29 Å². The molecule has 0 fully saturated rings. The quantitative estimate of drug-likeness (QED) is 0.599. The molecule has 11 heavy (non-hydrogen) atoms. The summed E-state index contributed by atoms with van der Waals surface area (Å²) in [6, 6.07) is 0. The first-order valence-electron chi connectivity index (χ1n) is 3.95. The predicted molar refractivity (Wildman–Crippen MR) is 44.4 cm³/mol. The van der Waals surface area contributed by atoms with Crippen molar-refractivity contribution in [3.8, 4) is 0 Å². The Morgan fingerprint density at radius 3 is 2.00 bits per heavy atom. The third-order valence-corrected chi connectivity index (χ3v) is 1.09. The summed E-state index contributed by atoms with van der Waals surface area (Å²) in [7, 11) is 0. The van der Waals surface area contributed by atoms with Crippen molar-refractivity contribution < 1.29 is 15.0 Å². The molecule has 2 N–H and O–H groups in total. The number of aliphatic hydroxyl groups excluding tert-OH is 2. The average molecular weight is 162 g/mol. The molecule has 0 aromatic rings. The Balaban J connectivity index is 0. The van der Waals surface area contributed by atoms with Gasteiger partial charge >= 0.3 is 0 Å². The molecule has 0 heterocycles. The largest absolute Gasteiger partial charge is 0.394 e. The minimum absolute atomic E-state index is 0.115. The van der Waals surface area contributed by atoms with Crippen LogP contribution in [-0.2, 0) is 4.79 Å². The second-order valence-electron chi connectivity index (χ2n) is 2.20. The van der Waals surface area contributed by atoms with Crippen LogP contribution >= 0.6 is 0 Å². The van der Waals surface area contributed by atoms with Gasteiger partial charge in [-0.25, -0.2) is 0 Å². The molecule has 0 saturated heterocycles. The minimum Gasteiger partial charge on any atom is -0.394 e. The van der Waals surface area contributed by atoms with Gasteiger partial charge in [0.25, 0.3) is 0 Å². The molecule has 3 heteroatoms. The van der Waals surface area contributed by atoms with Gasteiger partial charge in [-0.2, -0.15) is 0 Å². The molecule has 1 atom stereocenters. The number of aliphatic hydroxyl groups is 2. The number of carbonyl (C=O) groups is 1. The summed E-state index contributed by atoms with van der Waals surface area (Å²) in [5.74, 6) is 0. The van der Waals surface area contributed by atoms with Gasteiger partial charge in [-0.1, -0.05) is 13.8 Å². The second kappa shape index (κ2) is 12.3. The summed E-state index contributed by atoms with van der Waals surface area (Å²) in [4.78, 5) is 9.40. The van der Waals surface area contributed by atoms with Crippen LogP contribution in [0, 0.1) is 0 Å². The van der Waals surface area contributed by atoms with E-state index < -0.39 is 6.10 Å². The topological polar surface area (TPSA) is 57.5 Å². The van der Waals surface area contributed by atoms with E-state index >= 15 is 0 Å². The van der Waals surface area contributed by atoms with Crippen LogP contribution in [0.3, 0.4) is 0 Å². The number of hydrogen-bond donors (Lipinski definition) is 2. The Morgan fingerprint density at radius 2 is 2.00 bits per heavy atom. The zero-order chi connectivity index (χ0) is 9.11. The molecule has 0 bridgehead atoms. The van der Waals surface area contributed by atoms with Crippen LogP contribution in [0.1, 0.15) is 33.1 Å². The van der Waals surface area contributed by atoms with Crippen LogP contribution < -0.4 is 0 Å². The lowest BCUT2D eigenvalue weighted by molar-refractivity contribution is -0.107. The highest BCUT2D eigenvalue weighted by Crippen LogP contribution is 1.83. The Bertz CT molecular complexity index is 69.7. The van der Waals surface area contributed by atoms with Crippen LogP contribution in [0.5, 0.6) is 0 Å². The van der Waals surface area contributed by atoms with Crippen molar-refractivity contribution in [1.82, 2.24) is 0 Å². The zero-order valence-electron chi connectivity index (χ0n) is 7.29. The molecule has 0 aliphatic rings. The highest BCUT2D eigenvalue weighted by Gasteiger charge is 1.92. The van der Waals surface area contributed by atoms with E-state index in [0.29, 0.717) is 12.8 Å². The maximum atomic E-state index is 9.40. The maximum absolute atomic E-state index is 9.40. The van der Waals surface area contributed by atoms with Crippen molar-refractivity contribution in [3.63, 3.8) is 0 Å². The normalized spacial score (nSPS) is 11.3. The molecule has 3 nitrogen and oxygen atoms in total. The first kappa shape index (κ1) is 13.2. The zero-order valence-corrected chi connectivity index (χ0v) is 7.29. The Kier molecular flexibility index (Phi) is 14.7. The van der Waals surface area contributed by atoms with E-state index in [1.165, 1.54) is 0 Å². The van der Waals surface area contributed by atoms with Crippen molar-refractivity contribution in [2.75, 3.05) is 6.61 Å². The Labute approximate surface area is 68.0 Å². The molecule has 0 rings (SSSR count). The minimum atomic E-state index is -0.509. The summed E-state index contributed by atoms with van der Waals surface area (Å²) in [5, 5.41) is 16.5. The Morgan fingerprint density at radius 1 is 1.45 bits per heavy atom. The standard InChI is InChI=1S/C4H10O2.C4H8O/c1-2-4(6)3-5;1-2-3-4-5/h4-6H,2-3H2,1H3;4H,2-3H2,1H3. The van der Waals surface area contributed by atoms with Crippen LogP contribution in [0.25, 0.3) is 0 Å². The number of aldehydes is 1. The number of hydrogen-bond acceptors (Lipinski definition) is 3. The highest BCUT2D eigenvalue weighted by molar-refractivity contribution is 5.48. The summed E-state index contributed by atoms with van der Waals surface area (Å²) in [6.07, 6.45) is 2.74. The third-order valence-electron chi connectivity index (χ3n) is 1.09. The molecular formula is C8H18O3. The second-order valence-corrected chi connectivity index (χ2v) is 2.20. The van der Waals surface area contributed by atoms with E-state index in [2.05, 4.69) is 0 Å². The number of unbranched alkanes of at least 4 members (excludes halogenated alkanes) is 1. The fourth-order valence-corrected chi connectivity index (χ4v) is 0.247. The van der Waals surface area contributed by atoms with Crippen molar-refractivity contribution in [3.05, 3.63) is 0 Å². The van der Waals surface area contributed by atoms with Crippen LogP contribution in [0.15, 0.2) is 0 Å². The van der Waals surface area contributed by atoms with Gasteiger partial charge in [0, 0.05) is 6.42 Å². The van der Waals surface area contributed by atoms with Gasteiger partial charge in [0.1, 0.15) is 6.29 Å².